The molecular formula is C27H24N4O3S. The Morgan fingerprint density at radius 2 is 1.66 bits per heavy atom. The predicted octanol–water partition coefficient (Wildman–Crippen LogP) is 4.07. The van der Waals surface area contributed by atoms with Crippen molar-refractivity contribution in [2.45, 2.75) is 30.6 Å². The van der Waals surface area contributed by atoms with E-state index in [9.17, 15) is 14.4 Å². The van der Waals surface area contributed by atoms with Crippen LogP contribution in [0.1, 0.15) is 28.8 Å². The molecule has 8 heteroatoms. The molecule has 4 aromatic rings. The minimum Gasteiger partial charge on any atom is -0.349 e. The third kappa shape index (κ3) is 5.44. The fourth-order valence-electron chi connectivity index (χ4n) is 3.76. The third-order valence-electron chi connectivity index (χ3n) is 5.70. The van der Waals surface area contributed by atoms with Crippen LogP contribution in [0.15, 0.2) is 88.8 Å². The van der Waals surface area contributed by atoms with E-state index in [-0.39, 0.29) is 29.2 Å². The van der Waals surface area contributed by atoms with Crippen LogP contribution in [0.2, 0.25) is 0 Å². The van der Waals surface area contributed by atoms with Gasteiger partial charge in [0.15, 0.2) is 5.16 Å². The van der Waals surface area contributed by atoms with Gasteiger partial charge in [-0.05, 0) is 42.7 Å². The molecule has 0 radical (unpaired) electrons. The highest BCUT2D eigenvalue weighted by atomic mass is 32.2. The quantitative estimate of drug-likeness (QED) is 0.291. The number of hydrogen-bond donors (Lipinski definition) is 2. The van der Waals surface area contributed by atoms with Crippen molar-refractivity contribution in [2.75, 3.05) is 11.1 Å². The Morgan fingerprint density at radius 3 is 2.46 bits per heavy atom. The Labute approximate surface area is 206 Å². The Morgan fingerprint density at radius 1 is 0.943 bits per heavy atom. The van der Waals surface area contributed by atoms with Crippen molar-refractivity contribution >= 4 is 40.2 Å². The molecule has 0 spiro atoms. The van der Waals surface area contributed by atoms with Crippen molar-refractivity contribution in [2.24, 2.45) is 0 Å². The maximum atomic E-state index is 13.3. The van der Waals surface area contributed by atoms with E-state index < -0.39 is 0 Å². The number of nitrogens with zero attached hydrogens (tertiary/aromatic N) is 2. The van der Waals surface area contributed by atoms with E-state index >= 15 is 0 Å². The number of anilines is 1. The molecule has 1 fully saturated rings. The molecule has 7 nitrogen and oxygen atoms in total. The molecule has 5 rings (SSSR count). The summed E-state index contributed by atoms with van der Waals surface area (Å²) < 4.78 is 1.60. The standard InChI is InChI=1S/C27H24N4O3S/c32-24(29-22-12-6-4-10-20(22)25(33)28-19-14-15-19)17-35-27-30-23-13-7-5-11-21(23)26(34)31(27)16-18-8-2-1-3-9-18/h1-13,19H,14-17H2,(H,28,33)(H,29,32). The second-order valence-corrected chi connectivity index (χ2v) is 9.36. The topological polar surface area (TPSA) is 93.1 Å². The third-order valence-corrected chi connectivity index (χ3v) is 6.68. The fourth-order valence-corrected chi connectivity index (χ4v) is 4.56. The maximum absolute atomic E-state index is 13.3. The number of nitrogens with one attached hydrogen (secondary N) is 2. The number of rotatable bonds is 8. The lowest BCUT2D eigenvalue weighted by atomic mass is 10.1. The molecule has 35 heavy (non-hydrogen) atoms. The molecule has 1 saturated carbocycles. The van der Waals surface area contributed by atoms with Crippen molar-refractivity contribution in [3.8, 4) is 0 Å². The number of para-hydroxylation sites is 2. The molecule has 0 aliphatic heterocycles. The minimum absolute atomic E-state index is 0.0398. The van der Waals surface area contributed by atoms with Crippen LogP contribution >= 0.6 is 11.8 Å². The molecule has 0 unspecified atom stereocenters. The van der Waals surface area contributed by atoms with Crippen LogP contribution in [0.3, 0.4) is 0 Å². The maximum Gasteiger partial charge on any atom is 0.262 e. The summed E-state index contributed by atoms with van der Waals surface area (Å²) >= 11 is 1.20. The summed E-state index contributed by atoms with van der Waals surface area (Å²) in [7, 11) is 0. The van der Waals surface area contributed by atoms with Crippen molar-refractivity contribution in [3.05, 3.63) is 100 Å². The highest BCUT2D eigenvalue weighted by Gasteiger charge is 2.25. The largest absolute Gasteiger partial charge is 0.349 e. The summed E-state index contributed by atoms with van der Waals surface area (Å²) in [5, 5.41) is 6.79. The molecule has 1 aliphatic carbocycles. The summed E-state index contributed by atoms with van der Waals surface area (Å²) in [4.78, 5) is 43.3. The molecule has 176 valence electrons. The predicted molar refractivity (Wildman–Crippen MR) is 138 cm³/mol. The highest BCUT2D eigenvalue weighted by molar-refractivity contribution is 7.99. The minimum atomic E-state index is -0.282. The number of aromatic nitrogens is 2. The Balaban J connectivity index is 1.36. The van der Waals surface area contributed by atoms with Gasteiger partial charge in [0.25, 0.3) is 11.5 Å². The SMILES string of the molecule is O=C(CSc1nc2ccccc2c(=O)n1Cc1ccccc1)Nc1ccccc1C(=O)NC1CC1. The zero-order valence-electron chi connectivity index (χ0n) is 18.9. The summed E-state index contributed by atoms with van der Waals surface area (Å²) in [5.74, 6) is -0.433. The first-order valence-electron chi connectivity index (χ1n) is 11.4. The first-order valence-corrected chi connectivity index (χ1v) is 12.4. The van der Waals surface area contributed by atoms with E-state index in [1.807, 2.05) is 42.5 Å². The van der Waals surface area contributed by atoms with E-state index in [0.717, 1.165) is 18.4 Å². The van der Waals surface area contributed by atoms with Gasteiger partial charge in [-0.2, -0.15) is 0 Å². The molecule has 2 N–H and O–H groups in total. The van der Waals surface area contributed by atoms with Gasteiger partial charge in [-0.3, -0.25) is 19.0 Å². The second-order valence-electron chi connectivity index (χ2n) is 8.42. The summed E-state index contributed by atoms with van der Waals surface area (Å²) in [6.45, 7) is 0.353. The molecule has 0 bridgehead atoms. The van der Waals surface area contributed by atoms with Gasteiger partial charge in [0.1, 0.15) is 0 Å². The number of amides is 2. The molecule has 0 atom stereocenters. The molecular weight excluding hydrogens is 460 g/mol. The number of fused-ring (bicyclic) bond motifs is 1. The first-order chi connectivity index (χ1) is 17.1. The smallest absolute Gasteiger partial charge is 0.262 e. The Bertz CT molecular complexity index is 1450. The van der Waals surface area contributed by atoms with Crippen molar-refractivity contribution < 1.29 is 9.59 Å². The zero-order valence-corrected chi connectivity index (χ0v) is 19.8. The highest BCUT2D eigenvalue weighted by Crippen LogP contribution is 2.23. The first kappa shape index (κ1) is 22.9. The van der Waals surface area contributed by atoms with Gasteiger partial charge in [-0.1, -0.05) is 66.4 Å². The Kier molecular flexibility index (Phi) is 6.63. The lowest BCUT2D eigenvalue weighted by molar-refractivity contribution is -0.113. The number of hydrogen-bond acceptors (Lipinski definition) is 5. The lowest BCUT2D eigenvalue weighted by Gasteiger charge is -2.14. The number of carbonyl (C=O) groups excluding carboxylic acids is 2. The van der Waals surface area contributed by atoms with Crippen LogP contribution in [-0.2, 0) is 11.3 Å². The molecule has 1 aromatic heterocycles. The van der Waals surface area contributed by atoms with Gasteiger partial charge in [0.2, 0.25) is 5.91 Å². The van der Waals surface area contributed by atoms with Crippen molar-refractivity contribution in [1.82, 2.24) is 14.9 Å². The van der Waals surface area contributed by atoms with Gasteiger partial charge in [-0.15, -0.1) is 0 Å². The van der Waals surface area contributed by atoms with Gasteiger partial charge in [0.05, 0.1) is 34.5 Å². The average molecular weight is 485 g/mol. The van der Waals surface area contributed by atoms with Crippen LogP contribution in [0, 0.1) is 0 Å². The van der Waals surface area contributed by atoms with E-state index in [4.69, 9.17) is 0 Å². The van der Waals surface area contributed by atoms with Crippen LogP contribution in [0.25, 0.3) is 10.9 Å². The van der Waals surface area contributed by atoms with E-state index in [1.54, 1.807) is 41.0 Å². The van der Waals surface area contributed by atoms with E-state index in [2.05, 4.69) is 15.6 Å². The van der Waals surface area contributed by atoms with E-state index in [1.165, 1.54) is 11.8 Å². The van der Waals surface area contributed by atoms with Crippen LogP contribution < -0.4 is 16.2 Å². The molecule has 1 heterocycles. The van der Waals surface area contributed by atoms with E-state index in [0.29, 0.717) is 33.9 Å². The average Bonchev–Trinajstić information content (AvgIpc) is 3.69. The number of benzene rings is 3. The summed E-state index contributed by atoms with van der Waals surface area (Å²) in [6, 6.07) is 24.1. The van der Waals surface area contributed by atoms with Crippen LogP contribution in [-0.4, -0.2) is 33.2 Å². The molecule has 3 aromatic carbocycles. The van der Waals surface area contributed by atoms with Gasteiger partial charge in [0, 0.05) is 6.04 Å². The van der Waals surface area contributed by atoms with Crippen molar-refractivity contribution in [1.29, 1.82) is 0 Å². The van der Waals surface area contributed by atoms with Gasteiger partial charge >= 0.3 is 0 Å². The van der Waals surface area contributed by atoms with Crippen LogP contribution in [0.5, 0.6) is 0 Å². The van der Waals surface area contributed by atoms with Gasteiger partial charge < -0.3 is 10.6 Å². The summed E-state index contributed by atoms with van der Waals surface area (Å²) in [6.07, 6.45) is 1.97. The molecule has 1 aliphatic rings. The van der Waals surface area contributed by atoms with Gasteiger partial charge in [-0.25, -0.2) is 4.98 Å². The summed E-state index contributed by atoms with van der Waals surface area (Å²) in [5.41, 5.74) is 2.30. The molecule has 2 amide bonds. The zero-order chi connectivity index (χ0) is 24.2. The Hall–Kier alpha value is -3.91. The number of thioether (sulfide) groups is 1. The van der Waals surface area contributed by atoms with Crippen LogP contribution in [0.4, 0.5) is 5.69 Å². The second kappa shape index (κ2) is 10.1. The monoisotopic (exact) mass is 484 g/mol. The van der Waals surface area contributed by atoms with Crippen molar-refractivity contribution in [3.63, 3.8) is 0 Å². The molecule has 0 saturated heterocycles. The normalized spacial score (nSPS) is 12.9. The lowest BCUT2D eigenvalue weighted by Crippen LogP contribution is -2.27. The number of carbonyl (C=O) groups is 2. The fraction of sp³-hybridized carbons (Fsp3) is 0.185.